The van der Waals surface area contributed by atoms with Crippen molar-refractivity contribution in [3.63, 3.8) is 0 Å². The predicted molar refractivity (Wildman–Crippen MR) is 60.1 cm³/mol. The average Bonchev–Trinajstić information content (AvgIpc) is 2.70. The van der Waals surface area contributed by atoms with E-state index in [2.05, 4.69) is 4.98 Å². The highest BCUT2D eigenvalue weighted by atomic mass is 32.1. The smallest absolute Gasteiger partial charge is 0.336 e. The molecule has 5 nitrogen and oxygen atoms in total. The highest BCUT2D eigenvalue weighted by Gasteiger charge is 2.44. The molecule has 1 aromatic rings. The molecular formula is C10H14N2O3S. The van der Waals surface area contributed by atoms with Crippen molar-refractivity contribution >= 4 is 23.7 Å². The minimum atomic E-state index is -1.40. The summed E-state index contributed by atoms with van der Waals surface area (Å²) in [6, 6.07) is -0.206. The number of rotatable bonds is 5. The summed E-state index contributed by atoms with van der Waals surface area (Å²) in [5.41, 5.74) is -1.40. The Hall–Kier alpha value is -1.43. The van der Waals surface area contributed by atoms with Gasteiger partial charge in [0.2, 0.25) is 6.41 Å². The molecule has 1 unspecified atom stereocenters. The number of carboxylic acid groups (broad SMARTS) is 1. The topological polar surface area (TPSA) is 70.5 Å². The minimum absolute atomic E-state index is 0.206. The van der Waals surface area contributed by atoms with Crippen molar-refractivity contribution in [3.05, 3.63) is 16.6 Å². The van der Waals surface area contributed by atoms with E-state index in [1.165, 1.54) is 29.4 Å². The lowest BCUT2D eigenvalue weighted by molar-refractivity contribution is -0.156. The summed E-state index contributed by atoms with van der Waals surface area (Å²) >= 11 is 1.23. The van der Waals surface area contributed by atoms with Crippen LogP contribution >= 0.6 is 11.3 Å². The molecular weight excluding hydrogens is 228 g/mol. The molecule has 0 radical (unpaired) electrons. The summed E-state index contributed by atoms with van der Waals surface area (Å²) < 4.78 is 0. The second-order valence-electron chi connectivity index (χ2n) is 3.82. The predicted octanol–water partition coefficient (Wildman–Crippen LogP) is 1.31. The summed E-state index contributed by atoms with van der Waals surface area (Å²) in [6.07, 6.45) is 2.09. The van der Waals surface area contributed by atoms with E-state index in [0.29, 0.717) is 11.4 Å². The van der Waals surface area contributed by atoms with Gasteiger partial charge in [-0.2, -0.15) is 0 Å². The Bertz CT molecular complexity index is 377. The fourth-order valence-corrected chi connectivity index (χ4v) is 2.31. The zero-order valence-electron chi connectivity index (χ0n) is 9.38. The van der Waals surface area contributed by atoms with Crippen molar-refractivity contribution in [2.75, 3.05) is 0 Å². The molecule has 1 aromatic heterocycles. The molecule has 6 heteroatoms. The molecule has 0 aliphatic rings. The second kappa shape index (κ2) is 4.61. The first-order chi connectivity index (χ1) is 7.44. The van der Waals surface area contributed by atoms with Crippen molar-refractivity contribution in [1.29, 1.82) is 0 Å². The fourth-order valence-electron chi connectivity index (χ4n) is 1.52. The van der Waals surface area contributed by atoms with Gasteiger partial charge in [0.15, 0.2) is 5.54 Å². The Kier molecular flexibility index (Phi) is 3.64. The molecule has 0 aliphatic heterocycles. The average molecular weight is 242 g/mol. The van der Waals surface area contributed by atoms with E-state index in [-0.39, 0.29) is 6.04 Å². The normalized spacial score (nSPS) is 14.5. The van der Waals surface area contributed by atoms with E-state index in [1.54, 1.807) is 19.2 Å². The molecule has 0 aliphatic carbocycles. The fraction of sp³-hybridized carbons (Fsp3) is 0.500. The first-order valence-corrected chi connectivity index (χ1v) is 5.69. The molecule has 16 heavy (non-hydrogen) atoms. The molecule has 1 rings (SSSR count). The first kappa shape index (κ1) is 12.6. The van der Waals surface area contributed by atoms with Crippen LogP contribution in [0.5, 0.6) is 0 Å². The van der Waals surface area contributed by atoms with Gasteiger partial charge in [0.05, 0.1) is 0 Å². The van der Waals surface area contributed by atoms with Gasteiger partial charge in [-0.05, 0) is 20.8 Å². The maximum atomic E-state index is 11.4. The number of aromatic nitrogens is 1. The van der Waals surface area contributed by atoms with E-state index in [1.807, 2.05) is 0 Å². The van der Waals surface area contributed by atoms with Gasteiger partial charge in [0.25, 0.3) is 0 Å². The second-order valence-corrected chi connectivity index (χ2v) is 4.72. The molecule has 0 saturated heterocycles. The van der Waals surface area contributed by atoms with Crippen molar-refractivity contribution in [2.45, 2.75) is 32.4 Å². The number of nitrogens with zero attached hydrogens (tertiary/aromatic N) is 2. The van der Waals surface area contributed by atoms with Crippen LogP contribution in [0.25, 0.3) is 0 Å². The number of carbonyl (C=O) groups excluding carboxylic acids is 1. The number of hydrogen-bond donors (Lipinski definition) is 1. The van der Waals surface area contributed by atoms with Crippen LogP contribution in [0.1, 0.15) is 25.8 Å². The van der Waals surface area contributed by atoms with Crippen LogP contribution in [0, 0.1) is 0 Å². The Morgan fingerprint density at radius 1 is 1.69 bits per heavy atom. The van der Waals surface area contributed by atoms with Crippen LogP contribution < -0.4 is 0 Å². The third-order valence-electron chi connectivity index (χ3n) is 2.45. The van der Waals surface area contributed by atoms with E-state index in [0.717, 1.165) is 0 Å². The Labute approximate surface area is 97.7 Å². The van der Waals surface area contributed by atoms with E-state index >= 15 is 0 Å². The van der Waals surface area contributed by atoms with Gasteiger partial charge in [-0.1, -0.05) is 0 Å². The van der Waals surface area contributed by atoms with Crippen molar-refractivity contribution < 1.29 is 14.7 Å². The molecule has 0 aromatic carbocycles. The Morgan fingerprint density at radius 3 is 2.62 bits per heavy atom. The van der Waals surface area contributed by atoms with Gasteiger partial charge in [-0.3, -0.25) is 4.79 Å². The van der Waals surface area contributed by atoms with Gasteiger partial charge < -0.3 is 10.0 Å². The molecule has 0 saturated carbocycles. The summed E-state index contributed by atoms with van der Waals surface area (Å²) in [4.78, 5) is 27.7. The zero-order chi connectivity index (χ0) is 12.3. The number of thiazole rings is 1. The van der Waals surface area contributed by atoms with Gasteiger partial charge in [-0.25, -0.2) is 9.78 Å². The third-order valence-corrected chi connectivity index (χ3v) is 3.44. The van der Waals surface area contributed by atoms with E-state index < -0.39 is 11.5 Å². The highest BCUT2D eigenvalue weighted by Crippen LogP contribution is 2.30. The van der Waals surface area contributed by atoms with E-state index in [4.69, 9.17) is 0 Å². The summed E-state index contributed by atoms with van der Waals surface area (Å²) in [7, 11) is 0. The number of hydrogen-bond acceptors (Lipinski definition) is 4. The first-order valence-electron chi connectivity index (χ1n) is 4.81. The lowest BCUT2D eigenvalue weighted by atomic mass is 10.00. The summed E-state index contributed by atoms with van der Waals surface area (Å²) in [5, 5.41) is 11.4. The maximum absolute atomic E-state index is 11.4. The number of carboxylic acids is 1. The van der Waals surface area contributed by atoms with Gasteiger partial charge in [0, 0.05) is 17.6 Å². The molecule has 1 atom stereocenters. The van der Waals surface area contributed by atoms with Crippen molar-refractivity contribution in [3.8, 4) is 0 Å². The standard InChI is InChI=1S/C10H14N2O3S/c1-7(2)12(6-13)10(3,9(14)15)8-11-4-5-16-8/h4-7H,1-3H3,(H,14,15). The van der Waals surface area contributed by atoms with Crippen LogP contribution in [0.15, 0.2) is 11.6 Å². The van der Waals surface area contributed by atoms with Gasteiger partial charge in [0.1, 0.15) is 5.01 Å². The number of amides is 1. The van der Waals surface area contributed by atoms with Crippen LogP contribution in [-0.2, 0) is 15.1 Å². The van der Waals surface area contributed by atoms with Crippen LogP contribution in [0.2, 0.25) is 0 Å². The SMILES string of the molecule is CC(C)N(C=O)C(C)(C(=O)O)c1nccs1. The van der Waals surface area contributed by atoms with Crippen molar-refractivity contribution in [1.82, 2.24) is 9.88 Å². The molecule has 88 valence electrons. The lowest BCUT2D eigenvalue weighted by Crippen LogP contribution is -2.52. The Balaban J connectivity index is 3.26. The van der Waals surface area contributed by atoms with Gasteiger partial charge in [-0.15, -0.1) is 11.3 Å². The highest BCUT2D eigenvalue weighted by molar-refractivity contribution is 7.09. The Morgan fingerprint density at radius 2 is 2.31 bits per heavy atom. The third kappa shape index (κ3) is 1.92. The van der Waals surface area contributed by atoms with Crippen LogP contribution in [0.4, 0.5) is 0 Å². The minimum Gasteiger partial charge on any atom is -0.479 e. The van der Waals surface area contributed by atoms with Gasteiger partial charge >= 0.3 is 5.97 Å². The maximum Gasteiger partial charge on any atom is 0.336 e. The van der Waals surface area contributed by atoms with E-state index in [9.17, 15) is 14.7 Å². The van der Waals surface area contributed by atoms with Crippen molar-refractivity contribution in [2.24, 2.45) is 0 Å². The number of carbonyl (C=O) groups is 2. The molecule has 0 bridgehead atoms. The monoisotopic (exact) mass is 242 g/mol. The quantitative estimate of drug-likeness (QED) is 0.790. The molecule has 1 N–H and O–H groups in total. The summed E-state index contributed by atoms with van der Waals surface area (Å²) in [6.45, 7) is 5.02. The summed E-state index contributed by atoms with van der Waals surface area (Å²) in [5.74, 6) is -1.08. The largest absolute Gasteiger partial charge is 0.479 e. The molecule has 0 fully saturated rings. The zero-order valence-corrected chi connectivity index (χ0v) is 10.2. The van der Waals surface area contributed by atoms with Crippen LogP contribution in [-0.4, -0.2) is 33.4 Å². The molecule has 1 heterocycles. The van der Waals surface area contributed by atoms with Crippen LogP contribution in [0.3, 0.4) is 0 Å². The molecule has 1 amide bonds. The molecule has 0 spiro atoms. The lowest BCUT2D eigenvalue weighted by Gasteiger charge is -2.36. The number of aliphatic carboxylic acids is 1.